The zero-order chi connectivity index (χ0) is 12.3. The van der Waals surface area contributed by atoms with Crippen LogP contribution in [0.2, 0.25) is 0 Å². The van der Waals surface area contributed by atoms with Gasteiger partial charge in [-0.2, -0.15) is 10.2 Å². The first-order valence-electron chi connectivity index (χ1n) is 5.12. The minimum absolute atomic E-state index is 0.187. The van der Waals surface area contributed by atoms with Gasteiger partial charge in [0.1, 0.15) is 0 Å². The SMILES string of the molecule is COc1cccc(-c2ccc(CN)nn2)c1F. The van der Waals surface area contributed by atoms with Gasteiger partial charge in [0.25, 0.3) is 0 Å². The number of hydrogen-bond donors (Lipinski definition) is 1. The molecule has 0 aliphatic heterocycles. The molecule has 88 valence electrons. The van der Waals surface area contributed by atoms with E-state index in [4.69, 9.17) is 10.5 Å². The van der Waals surface area contributed by atoms with Crippen molar-refractivity contribution in [1.29, 1.82) is 0 Å². The molecule has 0 spiro atoms. The van der Waals surface area contributed by atoms with Crippen molar-refractivity contribution >= 4 is 0 Å². The molecule has 5 heteroatoms. The first-order valence-corrected chi connectivity index (χ1v) is 5.12. The van der Waals surface area contributed by atoms with Gasteiger partial charge in [0.15, 0.2) is 11.6 Å². The summed E-state index contributed by atoms with van der Waals surface area (Å²) in [4.78, 5) is 0. The molecule has 0 amide bonds. The topological polar surface area (TPSA) is 61.0 Å². The highest BCUT2D eigenvalue weighted by molar-refractivity contribution is 5.61. The third kappa shape index (κ3) is 2.24. The fourth-order valence-corrected chi connectivity index (χ4v) is 1.48. The van der Waals surface area contributed by atoms with Gasteiger partial charge in [-0.05, 0) is 24.3 Å². The molecular formula is C12H12FN3O. The summed E-state index contributed by atoms with van der Waals surface area (Å²) >= 11 is 0. The van der Waals surface area contributed by atoms with Crippen LogP contribution in [0.15, 0.2) is 30.3 Å². The predicted octanol–water partition coefficient (Wildman–Crippen LogP) is 1.75. The number of aromatic nitrogens is 2. The van der Waals surface area contributed by atoms with Crippen molar-refractivity contribution in [2.24, 2.45) is 5.73 Å². The van der Waals surface area contributed by atoms with Gasteiger partial charge in [-0.15, -0.1) is 0 Å². The average molecular weight is 233 g/mol. The maximum atomic E-state index is 13.9. The Morgan fingerprint density at radius 3 is 2.65 bits per heavy atom. The van der Waals surface area contributed by atoms with Gasteiger partial charge in [-0.1, -0.05) is 6.07 Å². The van der Waals surface area contributed by atoms with E-state index in [1.54, 1.807) is 30.3 Å². The molecular weight excluding hydrogens is 221 g/mol. The highest BCUT2D eigenvalue weighted by atomic mass is 19.1. The molecule has 2 rings (SSSR count). The van der Waals surface area contributed by atoms with Crippen LogP contribution in [0.25, 0.3) is 11.3 Å². The molecule has 0 atom stereocenters. The van der Waals surface area contributed by atoms with Crippen molar-refractivity contribution < 1.29 is 9.13 Å². The monoisotopic (exact) mass is 233 g/mol. The van der Waals surface area contributed by atoms with Crippen molar-refractivity contribution in [3.8, 4) is 17.0 Å². The number of halogens is 1. The van der Waals surface area contributed by atoms with Gasteiger partial charge in [0.2, 0.25) is 0 Å². The van der Waals surface area contributed by atoms with Crippen molar-refractivity contribution in [1.82, 2.24) is 10.2 Å². The van der Waals surface area contributed by atoms with E-state index in [0.29, 0.717) is 23.5 Å². The molecule has 0 fully saturated rings. The fraction of sp³-hybridized carbons (Fsp3) is 0.167. The van der Waals surface area contributed by atoms with Crippen LogP contribution in [0.5, 0.6) is 5.75 Å². The van der Waals surface area contributed by atoms with Crippen molar-refractivity contribution in [3.63, 3.8) is 0 Å². The average Bonchev–Trinajstić information content (AvgIpc) is 2.39. The largest absolute Gasteiger partial charge is 0.494 e. The van der Waals surface area contributed by atoms with Crippen LogP contribution in [0.1, 0.15) is 5.69 Å². The normalized spacial score (nSPS) is 10.3. The van der Waals surface area contributed by atoms with E-state index < -0.39 is 5.82 Å². The van der Waals surface area contributed by atoms with Crippen molar-refractivity contribution in [2.75, 3.05) is 7.11 Å². The summed E-state index contributed by atoms with van der Waals surface area (Å²) in [5, 5.41) is 7.82. The van der Waals surface area contributed by atoms with Gasteiger partial charge in [-0.25, -0.2) is 4.39 Å². The van der Waals surface area contributed by atoms with Crippen molar-refractivity contribution in [3.05, 3.63) is 41.8 Å². The van der Waals surface area contributed by atoms with Crippen LogP contribution in [-0.2, 0) is 6.54 Å². The summed E-state index contributed by atoms with van der Waals surface area (Å²) in [6.45, 7) is 0.313. The number of nitrogens with two attached hydrogens (primary N) is 1. The first-order chi connectivity index (χ1) is 8.26. The summed E-state index contributed by atoms with van der Waals surface area (Å²) in [5.41, 5.74) is 6.90. The molecule has 1 heterocycles. The molecule has 0 aliphatic rings. The molecule has 0 bridgehead atoms. The van der Waals surface area contributed by atoms with Gasteiger partial charge in [0, 0.05) is 12.1 Å². The smallest absolute Gasteiger partial charge is 0.174 e. The lowest BCUT2D eigenvalue weighted by Gasteiger charge is -2.06. The maximum absolute atomic E-state index is 13.9. The Labute approximate surface area is 98.2 Å². The summed E-state index contributed by atoms with van der Waals surface area (Å²) in [7, 11) is 1.42. The summed E-state index contributed by atoms with van der Waals surface area (Å²) in [6, 6.07) is 8.30. The molecule has 0 aliphatic carbocycles. The molecule has 0 radical (unpaired) electrons. The molecule has 0 unspecified atom stereocenters. The molecule has 1 aromatic heterocycles. The van der Waals surface area contributed by atoms with Gasteiger partial charge < -0.3 is 10.5 Å². The van der Waals surface area contributed by atoms with Crippen LogP contribution in [0, 0.1) is 5.82 Å². The molecule has 1 aromatic carbocycles. The summed E-state index contributed by atoms with van der Waals surface area (Å²) in [6.07, 6.45) is 0. The standard InChI is InChI=1S/C12H12FN3O/c1-17-11-4-2-3-9(12(11)13)10-6-5-8(7-14)15-16-10/h2-6H,7,14H2,1H3. The van der Waals surface area contributed by atoms with Crippen LogP contribution in [0.3, 0.4) is 0 Å². The third-order valence-corrected chi connectivity index (χ3v) is 2.39. The van der Waals surface area contributed by atoms with Crippen LogP contribution >= 0.6 is 0 Å². The minimum Gasteiger partial charge on any atom is -0.494 e. The number of ether oxygens (including phenoxy) is 1. The van der Waals surface area contributed by atoms with E-state index in [0.717, 1.165) is 0 Å². The third-order valence-electron chi connectivity index (χ3n) is 2.39. The van der Waals surface area contributed by atoms with Crippen molar-refractivity contribution in [2.45, 2.75) is 6.54 Å². The maximum Gasteiger partial charge on any atom is 0.174 e. The predicted molar refractivity (Wildman–Crippen MR) is 61.9 cm³/mol. The van der Waals surface area contributed by atoms with E-state index >= 15 is 0 Å². The second-order valence-corrected chi connectivity index (χ2v) is 3.44. The van der Waals surface area contributed by atoms with Crippen LogP contribution < -0.4 is 10.5 Å². The van der Waals surface area contributed by atoms with E-state index in [1.165, 1.54) is 7.11 Å². The van der Waals surface area contributed by atoms with E-state index in [-0.39, 0.29) is 5.75 Å². The van der Waals surface area contributed by atoms with E-state index in [1.807, 2.05) is 0 Å². The molecule has 17 heavy (non-hydrogen) atoms. The lowest BCUT2D eigenvalue weighted by atomic mass is 10.1. The van der Waals surface area contributed by atoms with Crippen LogP contribution in [0.4, 0.5) is 4.39 Å². The quantitative estimate of drug-likeness (QED) is 0.877. The Morgan fingerprint density at radius 2 is 2.06 bits per heavy atom. The molecule has 2 aromatic rings. The number of benzene rings is 1. The summed E-state index contributed by atoms with van der Waals surface area (Å²) in [5.74, 6) is -0.253. The number of nitrogens with zero attached hydrogens (tertiary/aromatic N) is 2. The Kier molecular flexibility index (Phi) is 3.30. The zero-order valence-electron chi connectivity index (χ0n) is 9.35. The molecule has 0 saturated heterocycles. The molecule has 2 N–H and O–H groups in total. The minimum atomic E-state index is -0.440. The highest BCUT2D eigenvalue weighted by Gasteiger charge is 2.11. The fourth-order valence-electron chi connectivity index (χ4n) is 1.48. The lowest BCUT2D eigenvalue weighted by Crippen LogP contribution is -2.02. The number of rotatable bonds is 3. The zero-order valence-corrected chi connectivity index (χ0v) is 9.35. The highest BCUT2D eigenvalue weighted by Crippen LogP contribution is 2.27. The Morgan fingerprint density at radius 1 is 1.24 bits per heavy atom. The van der Waals surface area contributed by atoms with Gasteiger partial charge in [0.05, 0.1) is 18.5 Å². The second-order valence-electron chi connectivity index (χ2n) is 3.44. The first kappa shape index (κ1) is 11.5. The summed E-state index contributed by atoms with van der Waals surface area (Å²) < 4.78 is 18.8. The van der Waals surface area contributed by atoms with E-state index in [2.05, 4.69) is 10.2 Å². The Balaban J connectivity index is 2.45. The Bertz CT molecular complexity index is 514. The lowest BCUT2D eigenvalue weighted by molar-refractivity contribution is 0.387. The molecule has 4 nitrogen and oxygen atoms in total. The second kappa shape index (κ2) is 4.88. The van der Waals surface area contributed by atoms with E-state index in [9.17, 15) is 4.39 Å². The number of methoxy groups -OCH3 is 1. The van der Waals surface area contributed by atoms with Gasteiger partial charge >= 0.3 is 0 Å². The number of hydrogen-bond acceptors (Lipinski definition) is 4. The van der Waals surface area contributed by atoms with Gasteiger partial charge in [-0.3, -0.25) is 0 Å². The Hall–Kier alpha value is -2.01. The molecule has 0 saturated carbocycles. The van der Waals surface area contributed by atoms with Crippen LogP contribution in [-0.4, -0.2) is 17.3 Å².